The molecule has 4 rings (SSSR count). The van der Waals surface area contributed by atoms with Gasteiger partial charge in [-0.2, -0.15) is 5.10 Å². The van der Waals surface area contributed by atoms with E-state index in [1.165, 1.54) is 24.2 Å². The molecule has 2 heterocycles. The highest BCUT2D eigenvalue weighted by atomic mass is 32.1. The molecule has 0 aliphatic heterocycles. The van der Waals surface area contributed by atoms with Gasteiger partial charge in [0.2, 0.25) is 0 Å². The second-order valence-electron chi connectivity index (χ2n) is 5.74. The summed E-state index contributed by atoms with van der Waals surface area (Å²) in [6.07, 6.45) is 4.19. The molecule has 0 spiro atoms. The number of carbonyl (C=O) groups is 1. The maximum absolute atomic E-state index is 12.3. The predicted molar refractivity (Wildman–Crippen MR) is 90.3 cm³/mol. The lowest BCUT2D eigenvalue weighted by atomic mass is 10.2. The molecule has 6 heteroatoms. The number of aromatic nitrogens is 3. The number of nitrogens with one attached hydrogen (secondary N) is 1. The summed E-state index contributed by atoms with van der Waals surface area (Å²) < 4.78 is 1.84. The summed E-state index contributed by atoms with van der Waals surface area (Å²) in [6, 6.07) is 9.35. The van der Waals surface area contributed by atoms with Crippen molar-refractivity contribution in [2.75, 3.05) is 5.32 Å². The van der Waals surface area contributed by atoms with E-state index in [-0.39, 0.29) is 5.91 Å². The molecular formula is C17H16N4OS. The molecule has 2 aromatic heterocycles. The van der Waals surface area contributed by atoms with Gasteiger partial charge < -0.3 is 0 Å². The number of anilines is 1. The Bertz CT molecular complexity index is 846. The van der Waals surface area contributed by atoms with E-state index in [0.717, 1.165) is 17.1 Å². The molecule has 1 N–H and O–H groups in total. The quantitative estimate of drug-likeness (QED) is 0.795. The largest absolute Gasteiger partial charge is 0.298 e. The third kappa shape index (κ3) is 2.90. The maximum Gasteiger partial charge on any atom is 0.257 e. The van der Waals surface area contributed by atoms with Crippen LogP contribution in [0.15, 0.2) is 41.9 Å². The molecule has 116 valence electrons. The minimum atomic E-state index is -0.134. The van der Waals surface area contributed by atoms with E-state index in [2.05, 4.69) is 15.4 Å². The van der Waals surface area contributed by atoms with Gasteiger partial charge in [-0.25, -0.2) is 9.67 Å². The van der Waals surface area contributed by atoms with Gasteiger partial charge in [-0.1, -0.05) is 0 Å². The van der Waals surface area contributed by atoms with Gasteiger partial charge in [0.05, 0.1) is 11.4 Å². The normalized spacial score (nSPS) is 14.0. The van der Waals surface area contributed by atoms with Gasteiger partial charge in [-0.3, -0.25) is 10.1 Å². The molecule has 0 bridgehead atoms. The lowest BCUT2D eigenvalue weighted by Gasteiger charge is -2.06. The minimum absolute atomic E-state index is 0.134. The Hall–Kier alpha value is -2.47. The number of benzene rings is 1. The van der Waals surface area contributed by atoms with Crippen LogP contribution in [0.25, 0.3) is 5.69 Å². The van der Waals surface area contributed by atoms with Gasteiger partial charge >= 0.3 is 0 Å². The summed E-state index contributed by atoms with van der Waals surface area (Å²) in [6.45, 7) is 1.99. The molecular weight excluding hydrogens is 308 g/mol. The Kier molecular flexibility index (Phi) is 3.46. The zero-order valence-corrected chi connectivity index (χ0v) is 13.5. The summed E-state index contributed by atoms with van der Waals surface area (Å²) in [5.74, 6) is 0.471. The van der Waals surface area contributed by atoms with Crippen molar-refractivity contribution < 1.29 is 4.79 Å². The van der Waals surface area contributed by atoms with Crippen LogP contribution in [0.2, 0.25) is 0 Å². The molecule has 1 amide bonds. The smallest absolute Gasteiger partial charge is 0.257 e. The highest BCUT2D eigenvalue weighted by molar-refractivity contribution is 7.14. The molecule has 5 nitrogen and oxygen atoms in total. The van der Waals surface area contributed by atoms with Gasteiger partial charge in [0.15, 0.2) is 5.13 Å². The van der Waals surface area contributed by atoms with Crippen LogP contribution in [0.4, 0.5) is 5.13 Å². The third-order valence-electron chi connectivity index (χ3n) is 3.94. The summed E-state index contributed by atoms with van der Waals surface area (Å²) in [5.41, 5.74) is 3.71. The minimum Gasteiger partial charge on any atom is -0.298 e. The van der Waals surface area contributed by atoms with Crippen LogP contribution in [0, 0.1) is 6.92 Å². The summed E-state index contributed by atoms with van der Waals surface area (Å²) >= 11 is 1.49. The third-order valence-corrected chi connectivity index (χ3v) is 4.72. The van der Waals surface area contributed by atoms with Gasteiger partial charge in [-0.05, 0) is 50.1 Å². The first-order chi connectivity index (χ1) is 11.2. The van der Waals surface area contributed by atoms with Crippen molar-refractivity contribution in [2.45, 2.75) is 25.7 Å². The zero-order valence-electron chi connectivity index (χ0n) is 12.7. The van der Waals surface area contributed by atoms with Crippen LogP contribution < -0.4 is 5.32 Å². The van der Waals surface area contributed by atoms with Crippen LogP contribution in [0.1, 0.15) is 40.5 Å². The highest BCUT2D eigenvalue weighted by Gasteiger charge is 2.26. The SMILES string of the molecule is Cc1ccnn1-c1ccc(C(=O)Nc2nc(C3CC3)cs2)cc1. The topological polar surface area (TPSA) is 59.8 Å². The summed E-state index contributed by atoms with van der Waals surface area (Å²) in [5, 5.41) is 9.84. The van der Waals surface area contributed by atoms with Crippen molar-refractivity contribution in [1.82, 2.24) is 14.8 Å². The zero-order chi connectivity index (χ0) is 15.8. The van der Waals surface area contributed by atoms with Crippen LogP contribution in [0.3, 0.4) is 0 Å². The molecule has 0 radical (unpaired) electrons. The monoisotopic (exact) mass is 324 g/mol. The second-order valence-corrected chi connectivity index (χ2v) is 6.60. The number of thiazole rings is 1. The van der Waals surface area contributed by atoms with E-state index < -0.39 is 0 Å². The van der Waals surface area contributed by atoms with E-state index >= 15 is 0 Å². The number of aryl methyl sites for hydroxylation is 1. The lowest BCUT2D eigenvalue weighted by molar-refractivity contribution is 0.102. The van der Waals surface area contributed by atoms with E-state index in [9.17, 15) is 4.79 Å². The van der Waals surface area contributed by atoms with E-state index in [1.54, 1.807) is 18.3 Å². The van der Waals surface area contributed by atoms with Crippen molar-refractivity contribution in [1.29, 1.82) is 0 Å². The average Bonchev–Trinajstić information content (AvgIpc) is 3.16. The molecule has 1 fully saturated rings. The van der Waals surface area contributed by atoms with Gasteiger partial charge in [0.25, 0.3) is 5.91 Å². The molecule has 0 atom stereocenters. The number of nitrogens with zero attached hydrogens (tertiary/aromatic N) is 3. The van der Waals surface area contributed by atoms with Crippen LogP contribution in [-0.4, -0.2) is 20.7 Å². The van der Waals surface area contributed by atoms with Crippen LogP contribution in [0.5, 0.6) is 0 Å². The van der Waals surface area contributed by atoms with Crippen molar-refractivity contribution in [3.63, 3.8) is 0 Å². The first kappa shape index (κ1) is 14.1. The highest BCUT2D eigenvalue weighted by Crippen LogP contribution is 2.40. The fourth-order valence-corrected chi connectivity index (χ4v) is 3.26. The molecule has 1 aliphatic carbocycles. The number of rotatable bonds is 4. The maximum atomic E-state index is 12.3. The Morgan fingerprint density at radius 2 is 2.04 bits per heavy atom. The van der Waals surface area contributed by atoms with Gasteiger partial charge in [0, 0.05) is 28.8 Å². The van der Waals surface area contributed by atoms with Crippen LogP contribution in [-0.2, 0) is 0 Å². The predicted octanol–water partition coefficient (Wildman–Crippen LogP) is 3.77. The second kappa shape index (κ2) is 5.62. The Balaban J connectivity index is 1.48. The van der Waals surface area contributed by atoms with E-state index in [1.807, 2.05) is 35.2 Å². The van der Waals surface area contributed by atoms with Crippen molar-refractivity contribution in [3.05, 3.63) is 58.9 Å². The summed E-state index contributed by atoms with van der Waals surface area (Å²) in [7, 11) is 0. The Labute approximate surface area is 138 Å². The number of hydrogen-bond donors (Lipinski definition) is 1. The lowest BCUT2D eigenvalue weighted by Crippen LogP contribution is -2.12. The fraction of sp³-hybridized carbons (Fsp3) is 0.235. The molecule has 23 heavy (non-hydrogen) atoms. The van der Waals surface area contributed by atoms with Crippen molar-refractivity contribution >= 4 is 22.4 Å². The number of amides is 1. The molecule has 1 saturated carbocycles. The Morgan fingerprint density at radius 1 is 1.26 bits per heavy atom. The summed E-state index contributed by atoms with van der Waals surface area (Å²) in [4.78, 5) is 16.8. The molecule has 3 aromatic rings. The number of hydrogen-bond acceptors (Lipinski definition) is 4. The molecule has 0 saturated heterocycles. The first-order valence-corrected chi connectivity index (χ1v) is 8.46. The first-order valence-electron chi connectivity index (χ1n) is 7.58. The number of carbonyl (C=O) groups excluding carboxylic acids is 1. The average molecular weight is 324 g/mol. The molecule has 0 unspecified atom stereocenters. The Morgan fingerprint density at radius 3 is 2.70 bits per heavy atom. The van der Waals surface area contributed by atoms with Crippen molar-refractivity contribution in [3.8, 4) is 5.69 Å². The van der Waals surface area contributed by atoms with E-state index in [4.69, 9.17) is 0 Å². The van der Waals surface area contributed by atoms with E-state index in [0.29, 0.717) is 16.6 Å². The van der Waals surface area contributed by atoms with Crippen molar-refractivity contribution in [2.24, 2.45) is 0 Å². The molecule has 1 aromatic carbocycles. The standard InChI is InChI=1S/C17H16N4OS/c1-11-8-9-18-21(11)14-6-4-13(5-7-14)16(22)20-17-19-15(10-23-17)12-2-3-12/h4-10,12H,2-3H2,1H3,(H,19,20,22). The molecule has 1 aliphatic rings. The van der Waals surface area contributed by atoms with Crippen LogP contribution >= 0.6 is 11.3 Å². The van der Waals surface area contributed by atoms with Gasteiger partial charge in [0.1, 0.15) is 0 Å². The fourth-order valence-electron chi connectivity index (χ4n) is 2.47. The van der Waals surface area contributed by atoms with Gasteiger partial charge in [-0.15, -0.1) is 11.3 Å².